The lowest BCUT2D eigenvalue weighted by molar-refractivity contribution is -0.130. The van der Waals surface area contributed by atoms with Crippen molar-refractivity contribution in [2.75, 3.05) is 5.32 Å². The van der Waals surface area contributed by atoms with Crippen molar-refractivity contribution >= 4 is 63.3 Å². The summed E-state index contributed by atoms with van der Waals surface area (Å²) in [6.07, 6.45) is 5.44. The largest absolute Gasteiger partial charge is 0.326 e. The minimum Gasteiger partial charge on any atom is -0.326 e. The Hall–Kier alpha value is -2.02. The highest BCUT2D eigenvalue weighted by molar-refractivity contribution is 8.15. The predicted molar refractivity (Wildman–Crippen MR) is 128 cm³/mol. The van der Waals surface area contributed by atoms with E-state index in [0.29, 0.717) is 20.9 Å². The number of carbonyl (C=O) groups is 2. The van der Waals surface area contributed by atoms with E-state index in [2.05, 4.69) is 5.32 Å². The molecule has 1 saturated carbocycles. The number of thioether (sulfide) groups is 1. The first-order valence-corrected chi connectivity index (χ1v) is 12.0. The molecule has 4 rings (SSSR count). The second-order valence-corrected chi connectivity index (χ2v) is 9.70. The predicted octanol–water partition coefficient (Wildman–Crippen LogP) is 6.29. The van der Waals surface area contributed by atoms with Gasteiger partial charge in [0.05, 0.1) is 15.7 Å². The van der Waals surface area contributed by atoms with E-state index in [1.165, 1.54) is 18.2 Å². The summed E-state index contributed by atoms with van der Waals surface area (Å²) in [4.78, 5) is 32.5. The molecular formula is C23H23Cl2N3O2S. The minimum absolute atomic E-state index is 0.0316. The van der Waals surface area contributed by atoms with Crippen molar-refractivity contribution < 1.29 is 9.59 Å². The molecule has 2 amide bonds. The Morgan fingerprint density at radius 1 is 1.06 bits per heavy atom. The van der Waals surface area contributed by atoms with Crippen molar-refractivity contribution in [2.45, 2.75) is 49.8 Å². The van der Waals surface area contributed by atoms with Crippen LogP contribution < -0.4 is 5.32 Å². The molecule has 2 aromatic carbocycles. The molecule has 31 heavy (non-hydrogen) atoms. The molecule has 2 aromatic rings. The highest BCUT2D eigenvalue weighted by Gasteiger charge is 2.42. The van der Waals surface area contributed by atoms with Gasteiger partial charge in [0.15, 0.2) is 5.17 Å². The zero-order valence-electron chi connectivity index (χ0n) is 16.9. The maximum Gasteiger partial charge on any atom is 0.242 e. The Morgan fingerprint density at radius 2 is 1.81 bits per heavy atom. The first kappa shape index (κ1) is 22.2. The number of rotatable bonds is 5. The van der Waals surface area contributed by atoms with Crippen LogP contribution in [-0.2, 0) is 9.59 Å². The van der Waals surface area contributed by atoms with Crippen LogP contribution in [0.3, 0.4) is 0 Å². The van der Waals surface area contributed by atoms with Gasteiger partial charge in [0.25, 0.3) is 0 Å². The maximum atomic E-state index is 13.3. The van der Waals surface area contributed by atoms with Gasteiger partial charge in [0.1, 0.15) is 5.25 Å². The number of para-hydroxylation sites is 1. The number of hydrogen-bond donors (Lipinski definition) is 1. The van der Waals surface area contributed by atoms with Gasteiger partial charge in [-0.25, -0.2) is 4.99 Å². The molecule has 1 aliphatic carbocycles. The number of nitrogens with zero attached hydrogens (tertiary/aromatic N) is 2. The summed E-state index contributed by atoms with van der Waals surface area (Å²) in [5, 5.41) is 3.80. The smallest absolute Gasteiger partial charge is 0.242 e. The fraction of sp³-hybridized carbons (Fsp3) is 0.348. The van der Waals surface area contributed by atoms with Crippen LogP contribution in [0.2, 0.25) is 10.0 Å². The van der Waals surface area contributed by atoms with Crippen molar-refractivity contribution in [1.82, 2.24) is 4.90 Å². The van der Waals surface area contributed by atoms with E-state index >= 15 is 0 Å². The SMILES string of the molecule is O=C(C[C@H]1SC(=Nc2ccccc2)N(C2CCCCC2)C1=O)Nc1ccc(Cl)c(Cl)c1. The molecule has 1 aliphatic heterocycles. The Labute approximate surface area is 196 Å². The fourth-order valence-corrected chi connectivity index (χ4v) is 5.45. The van der Waals surface area contributed by atoms with Gasteiger partial charge in [-0.3, -0.25) is 14.5 Å². The molecule has 1 saturated heterocycles. The molecule has 1 heterocycles. The van der Waals surface area contributed by atoms with Gasteiger partial charge in [-0.05, 0) is 43.2 Å². The molecule has 0 spiro atoms. The zero-order valence-corrected chi connectivity index (χ0v) is 19.2. The third kappa shape index (κ3) is 5.43. The number of carbonyl (C=O) groups excluding carboxylic acids is 2. The molecule has 0 aromatic heterocycles. The van der Waals surface area contributed by atoms with Crippen LogP contribution in [0.1, 0.15) is 38.5 Å². The van der Waals surface area contributed by atoms with Crippen LogP contribution in [0.15, 0.2) is 53.5 Å². The molecule has 2 aliphatic rings. The second-order valence-electron chi connectivity index (χ2n) is 7.72. The molecule has 2 fully saturated rings. The van der Waals surface area contributed by atoms with Gasteiger partial charge in [0, 0.05) is 18.2 Å². The van der Waals surface area contributed by atoms with E-state index in [1.807, 2.05) is 35.2 Å². The molecule has 162 valence electrons. The van der Waals surface area contributed by atoms with E-state index in [-0.39, 0.29) is 24.3 Å². The van der Waals surface area contributed by atoms with Crippen molar-refractivity contribution in [3.8, 4) is 0 Å². The van der Waals surface area contributed by atoms with Crippen LogP contribution in [0.25, 0.3) is 0 Å². The monoisotopic (exact) mass is 475 g/mol. The van der Waals surface area contributed by atoms with Gasteiger partial charge in [-0.1, -0.05) is 72.4 Å². The summed E-state index contributed by atoms with van der Waals surface area (Å²) < 4.78 is 0. The lowest BCUT2D eigenvalue weighted by Gasteiger charge is -2.30. The number of halogens is 2. The van der Waals surface area contributed by atoms with Gasteiger partial charge in [0.2, 0.25) is 11.8 Å². The van der Waals surface area contributed by atoms with Gasteiger partial charge >= 0.3 is 0 Å². The summed E-state index contributed by atoms with van der Waals surface area (Å²) >= 11 is 13.3. The molecule has 0 unspecified atom stereocenters. The fourth-order valence-electron chi connectivity index (χ4n) is 3.94. The van der Waals surface area contributed by atoms with Crippen LogP contribution in [0.4, 0.5) is 11.4 Å². The normalized spacial score (nSPS) is 21.0. The number of amidine groups is 1. The average molecular weight is 476 g/mol. The molecule has 0 bridgehead atoms. The third-order valence-electron chi connectivity index (χ3n) is 5.46. The van der Waals surface area contributed by atoms with Crippen LogP contribution >= 0.6 is 35.0 Å². The number of hydrogen-bond acceptors (Lipinski definition) is 4. The Bertz CT molecular complexity index is 994. The summed E-state index contributed by atoms with van der Waals surface area (Å²) in [5.41, 5.74) is 1.36. The lowest BCUT2D eigenvalue weighted by atomic mass is 9.94. The van der Waals surface area contributed by atoms with Crippen LogP contribution in [0, 0.1) is 0 Å². The first-order valence-electron chi connectivity index (χ1n) is 10.4. The van der Waals surface area contributed by atoms with Crippen molar-refractivity contribution in [3.63, 3.8) is 0 Å². The molecule has 1 N–H and O–H groups in total. The lowest BCUT2D eigenvalue weighted by Crippen LogP contribution is -2.42. The molecule has 0 radical (unpaired) electrons. The highest BCUT2D eigenvalue weighted by atomic mass is 35.5. The van der Waals surface area contributed by atoms with Gasteiger partial charge in [-0.2, -0.15) is 0 Å². The van der Waals surface area contributed by atoms with Crippen LogP contribution in [0.5, 0.6) is 0 Å². The Morgan fingerprint density at radius 3 is 2.52 bits per heavy atom. The van der Waals surface area contributed by atoms with E-state index in [9.17, 15) is 9.59 Å². The molecule has 8 heteroatoms. The van der Waals surface area contributed by atoms with Crippen molar-refractivity contribution in [2.24, 2.45) is 4.99 Å². The summed E-state index contributed by atoms with van der Waals surface area (Å²) in [5.74, 6) is -0.273. The average Bonchev–Trinajstić information content (AvgIpc) is 3.06. The summed E-state index contributed by atoms with van der Waals surface area (Å²) in [6, 6.07) is 14.7. The number of anilines is 1. The Kier molecular flexibility index (Phi) is 7.20. The first-order chi connectivity index (χ1) is 15.0. The summed E-state index contributed by atoms with van der Waals surface area (Å²) in [6.45, 7) is 0. The van der Waals surface area contributed by atoms with E-state index in [0.717, 1.165) is 31.4 Å². The van der Waals surface area contributed by atoms with Crippen LogP contribution in [-0.4, -0.2) is 33.2 Å². The van der Waals surface area contributed by atoms with E-state index in [4.69, 9.17) is 28.2 Å². The molecule has 5 nitrogen and oxygen atoms in total. The quantitative estimate of drug-likeness (QED) is 0.552. The maximum absolute atomic E-state index is 13.3. The van der Waals surface area contributed by atoms with Gasteiger partial charge in [-0.15, -0.1) is 0 Å². The highest BCUT2D eigenvalue weighted by Crippen LogP contribution is 2.37. The second kappa shape index (κ2) is 10.1. The molecular weight excluding hydrogens is 453 g/mol. The number of nitrogens with one attached hydrogen (secondary N) is 1. The number of amides is 2. The van der Waals surface area contributed by atoms with E-state index in [1.54, 1.807) is 18.2 Å². The van der Waals surface area contributed by atoms with Crippen molar-refractivity contribution in [1.29, 1.82) is 0 Å². The third-order valence-corrected chi connectivity index (χ3v) is 7.35. The number of benzene rings is 2. The standard InChI is InChI=1S/C23H23Cl2N3O2S/c24-18-12-11-16(13-19(18)25)26-21(29)14-20-22(30)28(17-9-5-2-6-10-17)23(31-20)27-15-7-3-1-4-8-15/h1,3-4,7-8,11-13,17,20H,2,5-6,9-10,14H2,(H,26,29)/t20-/m1/s1. The minimum atomic E-state index is -0.493. The topological polar surface area (TPSA) is 61.8 Å². The zero-order chi connectivity index (χ0) is 21.8. The van der Waals surface area contributed by atoms with E-state index < -0.39 is 5.25 Å². The number of aliphatic imine (C=N–C) groups is 1. The summed E-state index contributed by atoms with van der Waals surface area (Å²) in [7, 11) is 0. The Balaban J connectivity index is 1.51. The molecule has 1 atom stereocenters. The van der Waals surface area contributed by atoms with Gasteiger partial charge < -0.3 is 5.32 Å². The van der Waals surface area contributed by atoms with Crippen molar-refractivity contribution in [3.05, 3.63) is 58.6 Å².